The molecule has 1 heterocycles. The van der Waals surface area contributed by atoms with E-state index in [0.717, 1.165) is 5.56 Å². The number of nitrogens with one attached hydrogen (secondary N) is 1. The van der Waals surface area contributed by atoms with Crippen LogP contribution in [-0.2, 0) is 6.54 Å². The summed E-state index contributed by atoms with van der Waals surface area (Å²) in [5.74, 6) is 0. The molecule has 2 unspecified atom stereocenters. The second-order valence-corrected chi connectivity index (χ2v) is 4.47. The van der Waals surface area contributed by atoms with E-state index in [-0.39, 0.29) is 13.1 Å². The molecule has 1 aromatic carbocycles. The van der Waals surface area contributed by atoms with Crippen molar-refractivity contribution in [1.29, 1.82) is 0 Å². The molecule has 0 aliphatic carbocycles. The largest absolute Gasteiger partial charge is 0.465 e. The summed E-state index contributed by atoms with van der Waals surface area (Å²) in [5, 5.41) is 12.2. The highest BCUT2D eigenvalue weighted by Crippen LogP contribution is 2.18. The summed E-state index contributed by atoms with van der Waals surface area (Å²) in [6.07, 6.45) is -1.69. The number of rotatable bonds is 3. The van der Waals surface area contributed by atoms with Crippen LogP contribution in [0, 0.1) is 0 Å². The number of piperidine rings is 1. The molecule has 1 aromatic rings. The molecule has 0 bridgehead atoms. The molecule has 0 aromatic heterocycles. The molecular formula is C13H17FN2O2. The molecule has 2 rings (SSSR count). The number of benzene rings is 1. The third-order valence-electron chi connectivity index (χ3n) is 3.22. The number of carboxylic acid groups (broad SMARTS) is 1. The summed E-state index contributed by atoms with van der Waals surface area (Å²) < 4.78 is 13.8. The number of amides is 1. The van der Waals surface area contributed by atoms with Crippen molar-refractivity contribution in [2.45, 2.75) is 25.2 Å². The third kappa shape index (κ3) is 2.98. The van der Waals surface area contributed by atoms with Gasteiger partial charge in [0.2, 0.25) is 0 Å². The molecule has 0 saturated carbocycles. The molecule has 1 amide bonds. The molecule has 98 valence electrons. The van der Waals surface area contributed by atoms with Crippen LogP contribution in [0.1, 0.15) is 12.0 Å². The maximum absolute atomic E-state index is 13.8. The summed E-state index contributed by atoms with van der Waals surface area (Å²) in [4.78, 5) is 12.5. The van der Waals surface area contributed by atoms with Crippen molar-refractivity contribution in [2.24, 2.45) is 0 Å². The number of halogens is 1. The van der Waals surface area contributed by atoms with Gasteiger partial charge in [-0.1, -0.05) is 30.3 Å². The van der Waals surface area contributed by atoms with E-state index in [1.54, 1.807) is 0 Å². The predicted octanol–water partition coefficient (Wildman–Crippen LogP) is 1.87. The second kappa shape index (κ2) is 5.82. The van der Waals surface area contributed by atoms with E-state index in [9.17, 15) is 14.3 Å². The van der Waals surface area contributed by atoms with Gasteiger partial charge in [0.05, 0.1) is 6.04 Å². The lowest BCUT2D eigenvalue weighted by Gasteiger charge is -2.35. The molecule has 18 heavy (non-hydrogen) atoms. The van der Waals surface area contributed by atoms with Gasteiger partial charge in [0.15, 0.2) is 0 Å². The van der Waals surface area contributed by atoms with Crippen LogP contribution in [0.3, 0.4) is 0 Å². The van der Waals surface area contributed by atoms with Crippen LogP contribution in [0.5, 0.6) is 0 Å². The maximum atomic E-state index is 13.8. The molecule has 2 N–H and O–H groups in total. The summed E-state index contributed by atoms with van der Waals surface area (Å²) in [6, 6.07) is 8.73. The van der Waals surface area contributed by atoms with Crippen molar-refractivity contribution in [3.63, 3.8) is 0 Å². The van der Waals surface area contributed by atoms with Crippen molar-refractivity contribution in [1.82, 2.24) is 10.2 Å². The topological polar surface area (TPSA) is 52.6 Å². The highest BCUT2D eigenvalue weighted by Gasteiger charge is 2.32. The fourth-order valence-corrected chi connectivity index (χ4v) is 2.26. The van der Waals surface area contributed by atoms with Crippen LogP contribution in [0.4, 0.5) is 9.18 Å². The van der Waals surface area contributed by atoms with Gasteiger partial charge in [0.25, 0.3) is 0 Å². The lowest BCUT2D eigenvalue weighted by Crippen LogP contribution is -2.52. The first-order chi connectivity index (χ1) is 8.68. The van der Waals surface area contributed by atoms with Crippen molar-refractivity contribution in [3.8, 4) is 0 Å². The zero-order chi connectivity index (χ0) is 13.0. The minimum absolute atomic E-state index is 0.225. The SMILES string of the molecule is O=C(O)N(Cc1ccccc1)C1CCNCC1F. The Balaban J connectivity index is 2.10. The Kier molecular flexibility index (Phi) is 4.15. The smallest absolute Gasteiger partial charge is 0.407 e. The first-order valence-electron chi connectivity index (χ1n) is 6.07. The van der Waals surface area contributed by atoms with E-state index in [1.165, 1.54) is 4.90 Å². The summed E-state index contributed by atoms with van der Waals surface area (Å²) in [5.41, 5.74) is 0.880. The molecule has 2 atom stereocenters. The quantitative estimate of drug-likeness (QED) is 0.863. The molecule has 5 heteroatoms. The monoisotopic (exact) mass is 252 g/mol. The zero-order valence-electron chi connectivity index (χ0n) is 10.1. The average Bonchev–Trinajstić information content (AvgIpc) is 2.38. The summed E-state index contributed by atoms with van der Waals surface area (Å²) in [6.45, 7) is 1.12. The number of carbonyl (C=O) groups is 1. The summed E-state index contributed by atoms with van der Waals surface area (Å²) in [7, 11) is 0. The van der Waals surface area contributed by atoms with E-state index >= 15 is 0 Å². The molecule has 0 spiro atoms. The van der Waals surface area contributed by atoms with E-state index in [2.05, 4.69) is 5.32 Å². The highest BCUT2D eigenvalue weighted by molar-refractivity contribution is 5.65. The number of alkyl halides is 1. The average molecular weight is 252 g/mol. The minimum atomic E-state index is -1.14. The van der Waals surface area contributed by atoms with Crippen molar-refractivity contribution < 1.29 is 14.3 Å². The van der Waals surface area contributed by atoms with E-state index < -0.39 is 18.3 Å². The first kappa shape index (κ1) is 12.8. The normalized spacial score (nSPS) is 23.6. The molecule has 1 aliphatic heterocycles. The van der Waals surface area contributed by atoms with Gasteiger partial charge in [-0.2, -0.15) is 0 Å². The van der Waals surface area contributed by atoms with Crippen molar-refractivity contribution >= 4 is 6.09 Å². The first-order valence-corrected chi connectivity index (χ1v) is 6.07. The number of nitrogens with zero attached hydrogens (tertiary/aromatic N) is 1. The van der Waals surface area contributed by atoms with Crippen LogP contribution in [0.25, 0.3) is 0 Å². The third-order valence-corrected chi connectivity index (χ3v) is 3.22. The fraction of sp³-hybridized carbons (Fsp3) is 0.462. The molecule has 1 aliphatic rings. The van der Waals surface area contributed by atoms with Crippen molar-refractivity contribution in [3.05, 3.63) is 35.9 Å². The van der Waals surface area contributed by atoms with Gasteiger partial charge in [0, 0.05) is 13.1 Å². The minimum Gasteiger partial charge on any atom is -0.465 e. The standard InChI is InChI=1S/C13H17FN2O2/c14-11-8-15-7-6-12(11)16(13(17)18)9-10-4-2-1-3-5-10/h1-5,11-12,15H,6-9H2,(H,17,18). The molecule has 0 radical (unpaired) electrons. The van der Waals surface area contributed by atoms with Crippen molar-refractivity contribution in [2.75, 3.05) is 13.1 Å². The Hall–Kier alpha value is -1.62. The van der Waals surface area contributed by atoms with Gasteiger partial charge in [-0.25, -0.2) is 9.18 Å². The molecule has 4 nitrogen and oxygen atoms in total. The lowest BCUT2D eigenvalue weighted by molar-refractivity contribution is 0.0699. The molecule has 1 saturated heterocycles. The van der Waals surface area contributed by atoms with Gasteiger partial charge in [-0.3, -0.25) is 4.90 Å². The Morgan fingerprint density at radius 3 is 2.78 bits per heavy atom. The lowest BCUT2D eigenvalue weighted by atomic mass is 10.0. The molecule has 1 fully saturated rings. The van der Waals surface area contributed by atoms with E-state index in [1.807, 2.05) is 30.3 Å². The van der Waals surface area contributed by atoms with Crippen LogP contribution in [0.15, 0.2) is 30.3 Å². The van der Waals surface area contributed by atoms with E-state index in [4.69, 9.17) is 0 Å². The fourth-order valence-electron chi connectivity index (χ4n) is 2.26. The van der Waals surface area contributed by atoms with Gasteiger partial charge < -0.3 is 10.4 Å². The van der Waals surface area contributed by atoms with Crippen LogP contribution >= 0.6 is 0 Å². The zero-order valence-corrected chi connectivity index (χ0v) is 10.1. The van der Waals surface area contributed by atoms with Crippen LogP contribution in [-0.4, -0.2) is 41.4 Å². The Bertz CT molecular complexity index is 399. The molecular weight excluding hydrogens is 235 g/mol. The Labute approximate surface area is 105 Å². The van der Waals surface area contributed by atoms with Gasteiger partial charge in [-0.05, 0) is 18.5 Å². The van der Waals surface area contributed by atoms with Gasteiger partial charge in [0.1, 0.15) is 6.17 Å². The van der Waals surface area contributed by atoms with E-state index in [0.29, 0.717) is 13.0 Å². The Morgan fingerprint density at radius 2 is 2.17 bits per heavy atom. The summed E-state index contributed by atoms with van der Waals surface area (Å²) >= 11 is 0. The van der Waals surface area contributed by atoms with Crippen LogP contribution in [0.2, 0.25) is 0 Å². The highest BCUT2D eigenvalue weighted by atomic mass is 19.1. The maximum Gasteiger partial charge on any atom is 0.407 e. The number of hydrogen-bond donors (Lipinski definition) is 2. The van der Waals surface area contributed by atoms with Gasteiger partial charge in [-0.15, -0.1) is 0 Å². The Morgan fingerprint density at radius 1 is 1.44 bits per heavy atom. The second-order valence-electron chi connectivity index (χ2n) is 4.47. The van der Waals surface area contributed by atoms with Gasteiger partial charge >= 0.3 is 6.09 Å². The number of hydrogen-bond acceptors (Lipinski definition) is 2. The van der Waals surface area contributed by atoms with Crippen LogP contribution < -0.4 is 5.32 Å². The predicted molar refractivity (Wildman–Crippen MR) is 66.2 cm³/mol.